The standard InChI is InChI=1S/C34H27ClF2N6O5S/c1-2-22-25(36)10-6-18-4-3-5-23(29(18)22)31-30(37)32-24(15-38-31)33(43-16-19-7-8-20(17-43)39-19)42-34(41-32)48-13-12-28(45)40-26-11-9-21(14-27(26)44)49(35,46)47/h1,3-6,9-11,14-15,19-20,39,44H,7-8,12-13,16-17H2,(H,40,45). The fourth-order valence-corrected chi connectivity index (χ4v) is 7.16. The van der Waals surface area contributed by atoms with Crippen LogP contribution in [0.3, 0.4) is 0 Å². The number of nitrogens with zero attached hydrogens (tertiary/aromatic N) is 4. The first-order valence-electron chi connectivity index (χ1n) is 15.3. The molecule has 2 aliphatic heterocycles. The highest BCUT2D eigenvalue weighted by molar-refractivity contribution is 8.13. The van der Waals surface area contributed by atoms with Gasteiger partial charge in [0.15, 0.2) is 5.82 Å². The van der Waals surface area contributed by atoms with Crippen molar-refractivity contribution >= 4 is 58.8 Å². The van der Waals surface area contributed by atoms with E-state index in [0.29, 0.717) is 40.6 Å². The van der Waals surface area contributed by atoms with Crippen LogP contribution < -0.4 is 20.3 Å². The van der Waals surface area contributed by atoms with Crippen LogP contribution in [0, 0.1) is 24.0 Å². The van der Waals surface area contributed by atoms with E-state index in [1.807, 2.05) is 4.90 Å². The molecule has 11 nitrogen and oxygen atoms in total. The molecule has 1 amide bonds. The number of benzene rings is 3. The summed E-state index contributed by atoms with van der Waals surface area (Å²) in [6, 6.07) is 11.5. The van der Waals surface area contributed by atoms with E-state index in [2.05, 4.69) is 31.5 Å². The third-order valence-electron chi connectivity index (χ3n) is 8.64. The van der Waals surface area contributed by atoms with E-state index < -0.39 is 32.3 Å². The first kappa shape index (κ1) is 32.4. The molecular weight excluding hydrogens is 678 g/mol. The number of ether oxygens (including phenoxy) is 1. The lowest BCUT2D eigenvalue weighted by atomic mass is 9.96. The third-order valence-corrected chi connectivity index (χ3v) is 9.99. The number of anilines is 2. The fraction of sp³-hybridized carbons (Fsp3) is 0.235. The van der Waals surface area contributed by atoms with Crippen molar-refractivity contribution in [3.05, 3.63) is 71.9 Å². The van der Waals surface area contributed by atoms with E-state index in [-0.39, 0.29) is 58.5 Å². The lowest BCUT2D eigenvalue weighted by Crippen LogP contribution is -2.51. The number of carbonyl (C=O) groups excluding carboxylic acids is 1. The molecule has 2 atom stereocenters. The first-order valence-corrected chi connectivity index (χ1v) is 17.6. The van der Waals surface area contributed by atoms with E-state index in [1.165, 1.54) is 18.3 Å². The summed E-state index contributed by atoms with van der Waals surface area (Å²) in [5.41, 5.74) is 0.0992. The summed E-state index contributed by atoms with van der Waals surface area (Å²) in [7, 11) is 1.23. The van der Waals surface area contributed by atoms with Gasteiger partial charge in [-0.2, -0.15) is 9.97 Å². The zero-order valence-corrected chi connectivity index (χ0v) is 27.2. The zero-order chi connectivity index (χ0) is 34.4. The number of piperazine rings is 1. The number of pyridine rings is 1. The molecule has 15 heteroatoms. The van der Waals surface area contributed by atoms with Crippen molar-refractivity contribution in [3.8, 4) is 35.4 Å². The number of hydrogen-bond donors (Lipinski definition) is 3. The van der Waals surface area contributed by atoms with E-state index in [9.17, 15) is 22.7 Å². The number of rotatable bonds is 8. The van der Waals surface area contributed by atoms with Crippen molar-refractivity contribution in [1.29, 1.82) is 0 Å². The third kappa shape index (κ3) is 6.28. The highest BCUT2D eigenvalue weighted by atomic mass is 35.7. The molecule has 0 radical (unpaired) electrons. The first-order chi connectivity index (χ1) is 23.5. The van der Waals surface area contributed by atoms with Crippen LogP contribution in [0.4, 0.5) is 20.3 Å². The summed E-state index contributed by atoms with van der Waals surface area (Å²) in [5.74, 6) is 0.350. The number of phenolic OH excluding ortho intramolecular Hbond substituents is 1. The van der Waals surface area contributed by atoms with Gasteiger partial charge in [0, 0.05) is 59.1 Å². The van der Waals surface area contributed by atoms with Crippen LogP contribution >= 0.6 is 10.7 Å². The number of fused-ring (bicyclic) bond motifs is 4. The lowest BCUT2D eigenvalue weighted by Gasteiger charge is -2.34. The Balaban J connectivity index is 1.22. The van der Waals surface area contributed by atoms with Gasteiger partial charge in [0.05, 0.1) is 28.0 Å². The summed E-state index contributed by atoms with van der Waals surface area (Å²) in [4.78, 5) is 27.9. The minimum absolute atomic E-state index is 0.00953. The number of halogens is 3. The van der Waals surface area contributed by atoms with Crippen LogP contribution in [-0.4, -0.2) is 66.2 Å². The Morgan fingerprint density at radius 3 is 2.63 bits per heavy atom. The number of nitrogens with one attached hydrogen (secondary N) is 2. The maximum atomic E-state index is 16.6. The molecule has 3 N–H and O–H groups in total. The Bertz CT molecular complexity index is 2310. The number of aromatic hydroxyl groups is 1. The number of hydrogen-bond acceptors (Lipinski definition) is 10. The monoisotopic (exact) mass is 704 g/mol. The molecule has 0 spiro atoms. The Morgan fingerprint density at radius 2 is 1.92 bits per heavy atom. The smallest absolute Gasteiger partial charge is 0.319 e. The van der Waals surface area contributed by atoms with Crippen molar-refractivity contribution in [2.24, 2.45) is 0 Å². The molecule has 2 fully saturated rings. The second-order valence-corrected chi connectivity index (χ2v) is 14.4. The van der Waals surface area contributed by atoms with Gasteiger partial charge in [-0.1, -0.05) is 30.2 Å². The van der Waals surface area contributed by atoms with Gasteiger partial charge in [-0.05, 0) is 36.4 Å². The molecule has 2 saturated heterocycles. The normalized spacial score (nSPS) is 17.3. The predicted molar refractivity (Wildman–Crippen MR) is 180 cm³/mol. The minimum atomic E-state index is -4.08. The van der Waals surface area contributed by atoms with Crippen LogP contribution in [0.25, 0.3) is 32.9 Å². The molecule has 2 unspecified atom stereocenters. The molecule has 4 heterocycles. The van der Waals surface area contributed by atoms with Crippen LogP contribution in [0.1, 0.15) is 24.8 Å². The molecule has 0 saturated carbocycles. The highest BCUT2D eigenvalue weighted by Gasteiger charge is 2.34. The second-order valence-electron chi connectivity index (χ2n) is 11.8. The van der Waals surface area contributed by atoms with Gasteiger partial charge in [-0.15, -0.1) is 6.42 Å². The summed E-state index contributed by atoms with van der Waals surface area (Å²) in [6.45, 7) is 1.02. The summed E-state index contributed by atoms with van der Waals surface area (Å²) >= 11 is 0. The van der Waals surface area contributed by atoms with Crippen LogP contribution in [0.15, 0.2) is 59.6 Å². The lowest BCUT2D eigenvalue weighted by molar-refractivity contribution is -0.116. The number of terminal acetylenes is 1. The maximum Gasteiger partial charge on any atom is 0.319 e. The number of phenols is 1. The maximum absolute atomic E-state index is 16.6. The topological polar surface area (TPSA) is 147 Å². The number of amides is 1. The van der Waals surface area contributed by atoms with Crippen LogP contribution in [0.5, 0.6) is 11.8 Å². The zero-order valence-electron chi connectivity index (χ0n) is 25.6. The molecule has 49 heavy (non-hydrogen) atoms. The van der Waals surface area contributed by atoms with Gasteiger partial charge in [0.1, 0.15) is 35.2 Å². The number of aromatic nitrogens is 3. The quantitative estimate of drug-likeness (QED) is 0.113. The Kier molecular flexibility index (Phi) is 8.43. The van der Waals surface area contributed by atoms with E-state index >= 15 is 4.39 Å². The van der Waals surface area contributed by atoms with Crippen molar-refractivity contribution in [2.75, 3.05) is 29.9 Å². The molecule has 2 aromatic heterocycles. The Hall–Kier alpha value is -5.10. The Labute approximate surface area is 283 Å². The van der Waals surface area contributed by atoms with Crippen molar-refractivity contribution in [3.63, 3.8) is 0 Å². The van der Waals surface area contributed by atoms with E-state index in [0.717, 1.165) is 25.0 Å². The second kappa shape index (κ2) is 12.7. The van der Waals surface area contributed by atoms with Crippen molar-refractivity contribution in [2.45, 2.75) is 36.2 Å². The van der Waals surface area contributed by atoms with Gasteiger partial charge >= 0.3 is 6.01 Å². The molecule has 5 aromatic rings. The average Bonchev–Trinajstić information content (AvgIpc) is 3.41. The predicted octanol–water partition coefficient (Wildman–Crippen LogP) is 5.09. The summed E-state index contributed by atoms with van der Waals surface area (Å²) in [5, 5.41) is 17.5. The SMILES string of the molecule is C#Cc1c(F)ccc2cccc(-c3ncc4c(N5CC6CCC(C5)N6)nc(OCCC(=O)Nc5ccc(S(=O)(=O)Cl)cc5O)nc4c3F)c12. The molecule has 7 rings (SSSR count). The Morgan fingerprint density at radius 1 is 1.14 bits per heavy atom. The van der Waals surface area contributed by atoms with Crippen LogP contribution in [-0.2, 0) is 13.8 Å². The molecule has 0 aliphatic carbocycles. The van der Waals surface area contributed by atoms with E-state index in [4.69, 9.17) is 21.8 Å². The van der Waals surface area contributed by atoms with Gasteiger partial charge in [-0.3, -0.25) is 9.78 Å². The summed E-state index contributed by atoms with van der Waals surface area (Å²) in [6.07, 6.45) is 8.92. The van der Waals surface area contributed by atoms with Crippen LogP contribution in [0.2, 0.25) is 0 Å². The van der Waals surface area contributed by atoms with Crippen molar-refractivity contribution in [1.82, 2.24) is 20.3 Å². The van der Waals surface area contributed by atoms with Gasteiger partial charge in [0.2, 0.25) is 5.91 Å². The highest BCUT2D eigenvalue weighted by Crippen LogP contribution is 2.37. The van der Waals surface area contributed by atoms with Gasteiger partial charge < -0.3 is 25.4 Å². The minimum Gasteiger partial charge on any atom is -0.506 e. The molecule has 2 aliphatic rings. The molecule has 250 valence electrons. The molecule has 3 aromatic carbocycles. The molecular formula is C34H27ClF2N6O5S. The van der Waals surface area contributed by atoms with Gasteiger partial charge in [-0.25, -0.2) is 17.2 Å². The van der Waals surface area contributed by atoms with Crippen molar-refractivity contribution < 1.29 is 31.8 Å². The molecule has 2 bridgehead atoms. The fourth-order valence-electron chi connectivity index (χ4n) is 6.39. The average molecular weight is 705 g/mol. The van der Waals surface area contributed by atoms with Gasteiger partial charge in [0.25, 0.3) is 9.05 Å². The van der Waals surface area contributed by atoms with E-state index in [1.54, 1.807) is 24.3 Å². The summed E-state index contributed by atoms with van der Waals surface area (Å²) < 4.78 is 60.2. The number of carbonyl (C=O) groups is 1. The largest absolute Gasteiger partial charge is 0.506 e.